The first-order valence-corrected chi connectivity index (χ1v) is 9.84. The van der Waals surface area contributed by atoms with Gasteiger partial charge in [0.25, 0.3) is 0 Å². The van der Waals surface area contributed by atoms with E-state index >= 15 is 0 Å². The minimum atomic E-state index is -5.24. The molecule has 6 nitrogen and oxygen atoms in total. The van der Waals surface area contributed by atoms with Crippen molar-refractivity contribution >= 4 is 40.0 Å². The van der Waals surface area contributed by atoms with Gasteiger partial charge >= 0.3 is 15.5 Å². The molecule has 1 aliphatic rings. The Morgan fingerprint density at radius 1 is 1.19 bits per heavy atom. The fraction of sp³-hybridized carbons (Fsp3) is 0.933. The van der Waals surface area contributed by atoms with E-state index in [1.54, 1.807) is 7.05 Å². The van der Waals surface area contributed by atoms with E-state index in [9.17, 15) is 21.6 Å². The normalized spacial score (nSPS) is 18.3. The Morgan fingerprint density at radius 2 is 1.73 bits per heavy atom. The maximum atomic E-state index is 12.6. The summed E-state index contributed by atoms with van der Waals surface area (Å²) < 4.78 is 61.0. The molecule has 1 rings (SSSR count). The summed E-state index contributed by atoms with van der Waals surface area (Å²) in [5.74, 6) is 0.589. The van der Waals surface area contributed by atoms with Crippen molar-refractivity contribution in [3.8, 4) is 0 Å². The second-order valence-electron chi connectivity index (χ2n) is 7.43. The monoisotopic (exact) mass is 514 g/mol. The van der Waals surface area contributed by atoms with Crippen LogP contribution >= 0.6 is 24.0 Å². The quantitative estimate of drug-likeness (QED) is 0.256. The first kappa shape index (κ1) is 25.7. The van der Waals surface area contributed by atoms with Gasteiger partial charge in [-0.05, 0) is 31.1 Å². The predicted octanol–water partition coefficient (Wildman–Crippen LogP) is 2.91. The van der Waals surface area contributed by atoms with E-state index in [4.69, 9.17) is 0 Å². The first-order valence-electron chi connectivity index (χ1n) is 8.40. The zero-order valence-corrected chi connectivity index (χ0v) is 18.8. The molecule has 1 fully saturated rings. The molecule has 0 spiro atoms. The molecule has 0 saturated carbocycles. The summed E-state index contributed by atoms with van der Waals surface area (Å²) in [7, 11) is -3.60. The summed E-state index contributed by atoms with van der Waals surface area (Å²) in [6.45, 7) is 6.95. The second kappa shape index (κ2) is 10.3. The SMILES string of the molecule is CN=C(NCCCC(C)(C)C)NC1CCN(S(=O)(=O)C(F)(F)F)CC1.I. The number of aliphatic imine (C=N–C) groups is 1. The molecular weight excluding hydrogens is 484 g/mol. The molecule has 0 aromatic carbocycles. The van der Waals surface area contributed by atoms with Crippen molar-refractivity contribution in [2.45, 2.75) is 58.0 Å². The van der Waals surface area contributed by atoms with Crippen LogP contribution in [0.25, 0.3) is 0 Å². The third kappa shape index (κ3) is 8.15. The van der Waals surface area contributed by atoms with Gasteiger partial charge in [-0.3, -0.25) is 4.99 Å². The molecular formula is C15H30F3IN4O2S. The molecule has 2 N–H and O–H groups in total. The Hall–Kier alpha value is -0.300. The molecule has 26 heavy (non-hydrogen) atoms. The lowest BCUT2D eigenvalue weighted by molar-refractivity contribution is -0.0494. The smallest absolute Gasteiger partial charge is 0.356 e. The van der Waals surface area contributed by atoms with Crippen LogP contribution in [0.2, 0.25) is 0 Å². The van der Waals surface area contributed by atoms with Crippen molar-refractivity contribution in [3.63, 3.8) is 0 Å². The maximum Gasteiger partial charge on any atom is 0.511 e. The lowest BCUT2D eigenvalue weighted by Gasteiger charge is -2.32. The fourth-order valence-electron chi connectivity index (χ4n) is 2.60. The van der Waals surface area contributed by atoms with E-state index in [0.717, 1.165) is 19.4 Å². The van der Waals surface area contributed by atoms with E-state index in [0.29, 0.717) is 23.1 Å². The third-order valence-electron chi connectivity index (χ3n) is 4.05. The molecule has 1 heterocycles. The van der Waals surface area contributed by atoms with Crippen molar-refractivity contribution in [2.75, 3.05) is 26.7 Å². The molecule has 1 saturated heterocycles. The van der Waals surface area contributed by atoms with Crippen LogP contribution < -0.4 is 10.6 Å². The second-order valence-corrected chi connectivity index (χ2v) is 9.36. The summed E-state index contributed by atoms with van der Waals surface area (Å²) in [4.78, 5) is 4.11. The van der Waals surface area contributed by atoms with Crippen molar-refractivity contribution < 1.29 is 21.6 Å². The third-order valence-corrected chi connectivity index (χ3v) is 5.68. The van der Waals surface area contributed by atoms with Crippen LogP contribution in [0.15, 0.2) is 4.99 Å². The predicted molar refractivity (Wildman–Crippen MR) is 108 cm³/mol. The molecule has 0 aromatic heterocycles. The van der Waals surface area contributed by atoms with Crippen LogP contribution in [0, 0.1) is 5.41 Å². The number of sulfonamides is 1. The lowest BCUT2D eigenvalue weighted by atomic mass is 9.91. The fourth-order valence-corrected chi connectivity index (χ4v) is 3.58. The van der Waals surface area contributed by atoms with E-state index in [1.807, 2.05) is 0 Å². The molecule has 0 amide bonds. The zero-order chi connectivity index (χ0) is 19.3. The highest BCUT2D eigenvalue weighted by Gasteiger charge is 2.50. The number of piperidine rings is 1. The van der Waals surface area contributed by atoms with Crippen LogP contribution in [0.5, 0.6) is 0 Å². The van der Waals surface area contributed by atoms with Crippen molar-refractivity contribution in [1.29, 1.82) is 0 Å². The minimum absolute atomic E-state index is 0. The number of alkyl halides is 3. The van der Waals surface area contributed by atoms with Crippen LogP contribution in [0.4, 0.5) is 13.2 Å². The Bertz CT molecular complexity index is 554. The highest BCUT2D eigenvalue weighted by Crippen LogP contribution is 2.28. The van der Waals surface area contributed by atoms with Crippen LogP contribution in [0.1, 0.15) is 46.5 Å². The molecule has 0 radical (unpaired) electrons. The highest BCUT2D eigenvalue weighted by atomic mass is 127. The number of nitrogens with one attached hydrogen (secondary N) is 2. The van der Waals surface area contributed by atoms with Gasteiger partial charge in [0.2, 0.25) is 0 Å². The Morgan fingerprint density at radius 3 is 2.15 bits per heavy atom. The van der Waals surface area contributed by atoms with E-state index in [1.165, 1.54) is 0 Å². The van der Waals surface area contributed by atoms with Crippen molar-refractivity contribution in [2.24, 2.45) is 10.4 Å². The average Bonchev–Trinajstić information content (AvgIpc) is 2.48. The van der Waals surface area contributed by atoms with Crippen LogP contribution in [0.3, 0.4) is 0 Å². The molecule has 0 aliphatic carbocycles. The van der Waals surface area contributed by atoms with Crippen molar-refractivity contribution in [3.05, 3.63) is 0 Å². The molecule has 0 bridgehead atoms. The highest BCUT2D eigenvalue weighted by molar-refractivity contribution is 14.0. The van der Waals surface area contributed by atoms with Gasteiger partial charge in [0.1, 0.15) is 0 Å². The van der Waals surface area contributed by atoms with Gasteiger partial charge in [-0.15, -0.1) is 24.0 Å². The summed E-state index contributed by atoms with van der Waals surface area (Å²) in [5.41, 5.74) is -4.98. The minimum Gasteiger partial charge on any atom is -0.356 e. The summed E-state index contributed by atoms with van der Waals surface area (Å²) >= 11 is 0. The van der Waals surface area contributed by atoms with Crippen LogP contribution in [-0.2, 0) is 10.0 Å². The first-order chi connectivity index (χ1) is 11.4. The van der Waals surface area contributed by atoms with Gasteiger partial charge in [0, 0.05) is 32.7 Å². The molecule has 0 atom stereocenters. The summed E-state index contributed by atoms with van der Waals surface area (Å²) in [6, 6.07) is -0.103. The largest absolute Gasteiger partial charge is 0.511 e. The number of rotatable bonds is 5. The molecule has 0 aromatic rings. The van der Waals surface area contributed by atoms with Gasteiger partial charge in [-0.25, -0.2) is 8.42 Å². The number of nitrogens with zero attached hydrogens (tertiary/aromatic N) is 2. The molecule has 1 aliphatic heterocycles. The lowest BCUT2D eigenvalue weighted by Crippen LogP contribution is -2.51. The standard InChI is InChI=1S/C15H29F3N4O2S.HI/c1-14(2,3)8-5-9-20-13(19-4)21-12-6-10-22(11-7-12)25(23,24)15(16,17)18;/h12H,5-11H2,1-4H3,(H2,19,20,21);1H. The average molecular weight is 514 g/mol. The number of halogens is 4. The number of hydrogen-bond donors (Lipinski definition) is 2. The molecule has 11 heteroatoms. The van der Waals surface area contributed by atoms with E-state index in [-0.39, 0.29) is 48.5 Å². The number of guanidine groups is 1. The summed E-state index contributed by atoms with van der Waals surface area (Å²) in [6.07, 6.45) is 2.65. The number of hydrogen-bond acceptors (Lipinski definition) is 3. The molecule has 0 unspecified atom stereocenters. The van der Waals surface area contributed by atoms with Gasteiger partial charge < -0.3 is 10.6 Å². The van der Waals surface area contributed by atoms with E-state index < -0.39 is 15.5 Å². The van der Waals surface area contributed by atoms with E-state index in [2.05, 4.69) is 36.4 Å². The Kier molecular flexibility index (Phi) is 10.2. The van der Waals surface area contributed by atoms with Gasteiger partial charge in [0.05, 0.1) is 0 Å². The summed E-state index contributed by atoms with van der Waals surface area (Å²) in [5, 5.41) is 6.33. The van der Waals surface area contributed by atoms with Crippen molar-refractivity contribution in [1.82, 2.24) is 14.9 Å². The van der Waals surface area contributed by atoms with Gasteiger partial charge in [0.15, 0.2) is 5.96 Å². The van der Waals surface area contributed by atoms with Gasteiger partial charge in [-0.1, -0.05) is 20.8 Å². The van der Waals surface area contributed by atoms with Crippen LogP contribution in [-0.4, -0.2) is 56.9 Å². The Labute approximate surface area is 171 Å². The van der Waals surface area contributed by atoms with Gasteiger partial charge in [-0.2, -0.15) is 17.5 Å². The zero-order valence-electron chi connectivity index (χ0n) is 15.7. The Balaban J connectivity index is 0.00000625. The topological polar surface area (TPSA) is 73.8 Å². The molecule has 156 valence electrons. The maximum absolute atomic E-state index is 12.6.